The van der Waals surface area contributed by atoms with Crippen LogP contribution < -0.4 is 5.73 Å². The summed E-state index contributed by atoms with van der Waals surface area (Å²) in [6, 6.07) is 3.70. The molecule has 0 aliphatic rings. The van der Waals surface area contributed by atoms with E-state index in [1.165, 1.54) is 7.11 Å². The maximum atomic E-state index is 11.1. The number of carbonyl (C=O) groups is 1. The molecule has 0 saturated carbocycles. The SMILES string of the molecule is COC(=O)CC(CN)c1ncccc1Br. The van der Waals surface area contributed by atoms with Crippen molar-refractivity contribution in [1.82, 2.24) is 4.98 Å². The van der Waals surface area contributed by atoms with E-state index in [4.69, 9.17) is 5.73 Å². The number of aromatic nitrogens is 1. The highest BCUT2D eigenvalue weighted by Crippen LogP contribution is 2.24. The molecule has 82 valence electrons. The van der Waals surface area contributed by atoms with Crippen LogP contribution in [-0.4, -0.2) is 24.6 Å². The highest BCUT2D eigenvalue weighted by atomic mass is 79.9. The van der Waals surface area contributed by atoms with Gasteiger partial charge in [-0.1, -0.05) is 0 Å². The fourth-order valence-electron chi connectivity index (χ4n) is 1.27. The lowest BCUT2D eigenvalue weighted by Crippen LogP contribution is -2.18. The number of hydrogen-bond acceptors (Lipinski definition) is 4. The molecule has 5 heteroatoms. The maximum absolute atomic E-state index is 11.1. The average molecular weight is 273 g/mol. The van der Waals surface area contributed by atoms with Crippen molar-refractivity contribution in [3.8, 4) is 0 Å². The Bertz CT molecular complexity index is 344. The highest BCUT2D eigenvalue weighted by molar-refractivity contribution is 9.10. The lowest BCUT2D eigenvalue weighted by molar-refractivity contribution is -0.141. The highest BCUT2D eigenvalue weighted by Gasteiger charge is 2.18. The van der Waals surface area contributed by atoms with Gasteiger partial charge in [0.1, 0.15) is 0 Å². The fraction of sp³-hybridized carbons (Fsp3) is 0.400. The number of nitrogens with two attached hydrogens (primary N) is 1. The molecule has 0 fully saturated rings. The van der Waals surface area contributed by atoms with Crippen LogP contribution in [0.5, 0.6) is 0 Å². The summed E-state index contributed by atoms with van der Waals surface area (Å²) in [4.78, 5) is 15.3. The van der Waals surface area contributed by atoms with Crippen LogP contribution in [0.4, 0.5) is 0 Å². The molecule has 1 aromatic rings. The Morgan fingerprint density at radius 3 is 3.00 bits per heavy atom. The van der Waals surface area contributed by atoms with Gasteiger partial charge in [0.25, 0.3) is 0 Å². The van der Waals surface area contributed by atoms with Gasteiger partial charge in [0.05, 0.1) is 19.2 Å². The van der Waals surface area contributed by atoms with Gasteiger partial charge < -0.3 is 10.5 Å². The third-order valence-electron chi connectivity index (χ3n) is 2.10. The molecule has 1 aromatic heterocycles. The summed E-state index contributed by atoms with van der Waals surface area (Å²) in [5, 5.41) is 0. The van der Waals surface area contributed by atoms with E-state index in [1.807, 2.05) is 12.1 Å². The number of rotatable bonds is 4. The second kappa shape index (κ2) is 5.82. The van der Waals surface area contributed by atoms with Gasteiger partial charge in [-0.25, -0.2) is 0 Å². The number of esters is 1. The summed E-state index contributed by atoms with van der Waals surface area (Å²) in [7, 11) is 1.36. The minimum atomic E-state index is -0.275. The van der Waals surface area contributed by atoms with Crippen LogP contribution in [0, 0.1) is 0 Å². The van der Waals surface area contributed by atoms with E-state index < -0.39 is 0 Å². The predicted molar refractivity (Wildman–Crippen MR) is 60.4 cm³/mol. The molecule has 1 atom stereocenters. The maximum Gasteiger partial charge on any atom is 0.306 e. The summed E-state index contributed by atoms with van der Waals surface area (Å²) in [6.45, 7) is 0.366. The number of ether oxygens (including phenoxy) is 1. The molecule has 0 saturated heterocycles. The van der Waals surface area contributed by atoms with Crippen LogP contribution in [-0.2, 0) is 9.53 Å². The molecule has 1 unspecified atom stereocenters. The van der Waals surface area contributed by atoms with Crippen molar-refractivity contribution < 1.29 is 9.53 Å². The standard InChI is InChI=1S/C10H13BrN2O2/c1-15-9(14)5-7(6-12)10-8(11)3-2-4-13-10/h2-4,7H,5-6,12H2,1H3. The average Bonchev–Trinajstić information content (AvgIpc) is 2.26. The Hall–Kier alpha value is -0.940. The zero-order chi connectivity index (χ0) is 11.3. The lowest BCUT2D eigenvalue weighted by atomic mass is 10.0. The van der Waals surface area contributed by atoms with Crippen LogP contribution in [0.2, 0.25) is 0 Å². The minimum absolute atomic E-state index is 0.104. The van der Waals surface area contributed by atoms with Gasteiger partial charge in [0.15, 0.2) is 0 Å². The number of carbonyl (C=O) groups excluding carboxylic acids is 1. The first-order chi connectivity index (χ1) is 7.19. The van der Waals surface area contributed by atoms with Gasteiger partial charge in [0.2, 0.25) is 0 Å². The second-order valence-corrected chi connectivity index (χ2v) is 3.94. The Morgan fingerprint density at radius 1 is 1.73 bits per heavy atom. The van der Waals surface area contributed by atoms with E-state index in [2.05, 4.69) is 25.7 Å². The Kier molecular flexibility index (Phi) is 4.71. The van der Waals surface area contributed by atoms with E-state index in [0.717, 1.165) is 10.2 Å². The van der Waals surface area contributed by atoms with Crippen LogP contribution >= 0.6 is 15.9 Å². The lowest BCUT2D eigenvalue weighted by Gasteiger charge is -2.13. The predicted octanol–water partition coefficient (Wildman–Crippen LogP) is 1.45. The monoisotopic (exact) mass is 272 g/mol. The van der Waals surface area contributed by atoms with Gasteiger partial charge in [0, 0.05) is 23.1 Å². The number of methoxy groups -OCH3 is 1. The number of nitrogens with zero attached hydrogens (tertiary/aromatic N) is 1. The summed E-state index contributed by atoms with van der Waals surface area (Å²) in [6.07, 6.45) is 1.93. The van der Waals surface area contributed by atoms with E-state index in [1.54, 1.807) is 6.20 Å². The van der Waals surface area contributed by atoms with Crippen LogP contribution in [0.25, 0.3) is 0 Å². The molecule has 0 bridgehead atoms. The normalized spacial score (nSPS) is 12.2. The number of hydrogen-bond donors (Lipinski definition) is 1. The molecule has 4 nitrogen and oxygen atoms in total. The summed E-state index contributed by atoms with van der Waals surface area (Å²) >= 11 is 3.38. The van der Waals surface area contributed by atoms with Crippen molar-refractivity contribution in [2.45, 2.75) is 12.3 Å². The van der Waals surface area contributed by atoms with Gasteiger partial charge >= 0.3 is 5.97 Å². The largest absolute Gasteiger partial charge is 0.469 e. The molecule has 2 N–H and O–H groups in total. The van der Waals surface area contributed by atoms with Crippen molar-refractivity contribution in [2.24, 2.45) is 5.73 Å². The van der Waals surface area contributed by atoms with Gasteiger partial charge in [-0.3, -0.25) is 9.78 Å². The van der Waals surface area contributed by atoms with E-state index in [9.17, 15) is 4.79 Å². The van der Waals surface area contributed by atoms with Crippen molar-refractivity contribution >= 4 is 21.9 Å². The van der Waals surface area contributed by atoms with Crippen LogP contribution in [0.1, 0.15) is 18.0 Å². The first-order valence-electron chi connectivity index (χ1n) is 4.56. The van der Waals surface area contributed by atoms with E-state index >= 15 is 0 Å². The molecule has 1 rings (SSSR count). The topological polar surface area (TPSA) is 65.2 Å². The Labute approximate surface area is 97.0 Å². The van der Waals surface area contributed by atoms with Crippen molar-refractivity contribution in [3.05, 3.63) is 28.5 Å². The van der Waals surface area contributed by atoms with Gasteiger partial charge in [-0.05, 0) is 28.1 Å². The second-order valence-electron chi connectivity index (χ2n) is 3.08. The minimum Gasteiger partial charge on any atom is -0.469 e. The summed E-state index contributed by atoms with van der Waals surface area (Å²) in [5.74, 6) is -0.379. The van der Waals surface area contributed by atoms with Gasteiger partial charge in [-0.2, -0.15) is 0 Å². The van der Waals surface area contributed by atoms with Crippen LogP contribution in [0.15, 0.2) is 22.8 Å². The molecule has 1 heterocycles. The molecular formula is C10H13BrN2O2. The smallest absolute Gasteiger partial charge is 0.306 e. The Morgan fingerprint density at radius 2 is 2.47 bits per heavy atom. The molecule has 0 spiro atoms. The molecule has 0 aliphatic heterocycles. The third kappa shape index (κ3) is 3.28. The zero-order valence-corrected chi connectivity index (χ0v) is 10.0. The first-order valence-corrected chi connectivity index (χ1v) is 5.35. The first kappa shape index (κ1) is 12.1. The molecule has 0 radical (unpaired) electrons. The number of pyridine rings is 1. The van der Waals surface area contributed by atoms with E-state index in [0.29, 0.717) is 6.54 Å². The number of halogens is 1. The van der Waals surface area contributed by atoms with Crippen molar-refractivity contribution in [1.29, 1.82) is 0 Å². The fourth-order valence-corrected chi connectivity index (χ4v) is 1.85. The van der Waals surface area contributed by atoms with Crippen molar-refractivity contribution in [3.63, 3.8) is 0 Å². The van der Waals surface area contributed by atoms with Crippen molar-refractivity contribution in [2.75, 3.05) is 13.7 Å². The molecular weight excluding hydrogens is 260 g/mol. The van der Waals surface area contributed by atoms with Gasteiger partial charge in [-0.15, -0.1) is 0 Å². The Balaban J connectivity index is 2.83. The summed E-state index contributed by atoms with van der Waals surface area (Å²) in [5.41, 5.74) is 6.40. The van der Waals surface area contributed by atoms with E-state index in [-0.39, 0.29) is 18.3 Å². The summed E-state index contributed by atoms with van der Waals surface area (Å²) < 4.78 is 5.47. The molecule has 0 aromatic carbocycles. The third-order valence-corrected chi connectivity index (χ3v) is 2.77. The van der Waals surface area contributed by atoms with Crippen LogP contribution in [0.3, 0.4) is 0 Å². The molecule has 0 amide bonds. The zero-order valence-electron chi connectivity index (χ0n) is 8.44. The molecule has 0 aliphatic carbocycles. The molecule has 15 heavy (non-hydrogen) atoms. The quantitative estimate of drug-likeness (QED) is 0.843.